The van der Waals surface area contributed by atoms with E-state index in [9.17, 15) is 0 Å². The monoisotopic (exact) mass is 257 g/mol. The highest BCUT2D eigenvalue weighted by Gasteiger charge is 2.06. The Balaban J connectivity index is 2.38. The average Bonchev–Trinajstić information content (AvgIpc) is 2.35. The molecule has 0 atom stereocenters. The summed E-state index contributed by atoms with van der Waals surface area (Å²) < 4.78 is 0. The van der Waals surface area contributed by atoms with Crippen molar-refractivity contribution in [3.63, 3.8) is 0 Å². The lowest BCUT2D eigenvalue weighted by atomic mass is 10.1. The molecule has 0 aliphatic carbocycles. The zero-order valence-corrected chi connectivity index (χ0v) is 10.6. The van der Waals surface area contributed by atoms with E-state index < -0.39 is 0 Å². The van der Waals surface area contributed by atoms with Crippen LogP contribution in [0.1, 0.15) is 11.1 Å². The van der Waals surface area contributed by atoms with Crippen molar-refractivity contribution in [1.29, 1.82) is 5.26 Å². The van der Waals surface area contributed by atoms with Crippen LogP contribution in [-0.4, -0.2) is 0 Å². The molecule has 3 nitrogen and oxygen atoms in total. The van der Waals surface area contributed by atoms with Gasteiger partial charge in [0.1, 0.15) is 0 Å². The number of benzene rings is 2. The second-order valence-corrected chi connectivity index (χ2v) is 4.38. The Morgan fingerprint density at radius 3 is 2.67 bits per heavy atom. The van der Waals surface area contributed by atoms with Crippen LogP contribution >= 0.6 is 11.6 Å². The third-order valence-corrected chi connectivity index (χ3v) is 2.98. The Bertz CT molecular complexity index is 609. The lowest BCUT2D eigenvalue weighted by molar-refractivity contribution is 1.42. The van der Waals surface area contributed by atoms with Gasteiger partial charge in [-0.1, -0.05) is 23.7 Å². The van der Waals surface area contributed by atoms with Crippen LogP contribution in [0.3, 0.4) is 0 Å². The summed E-state index contributed by atoms with van der Waals surface area (Å²) in [6, 6.07) is 12.8. The maximum atomic E-state index is 8.78. The maximum absolute atomic E-state index is 8.78. The number of hydrogen-bond acceptors (Lipinski definition) is 3. The summed E-state index contributed by atoms with van der Waals surface area (Å²) in [6.07, 6.45) is 0. The zero-order chi connectivity index (χ0) is 13.1. The van der Waals surface area contributed by atoms with Gasteiger partial charge in [0.05, 0.1) is 33.7 Å². The fourth-order valence-corrected chi connectivity index (χ4v) is 1.91. The number of rotatable bonds is 2. The molecule has 2 aromatic carbocycles. The van der Waals surface area contributed by atoms with Crippen molar-refractivity contribution in [1.82, 2.24) is 0 Å². The molecule has 90 valence electrons. The van der Waals surface area contributed by atoms with Crippen molar-refractivity contribution in [2.75, 3.05) is 11.1 Å². The molecule has 0 fully saturated rings. The van der Waals surface area contributed by atoms with Gasteiger partial charge in [0, 0.05) is 0 Å². The molecule has 0 spiro atoms. The normalized spacial score (nSPS) is 9.83. The number of para-hydroxylation sites is 1. The van der Waals surface area contributed by atoms with E-state index >= 15 is 0 Å². The molecule has 0 unspecified atom stereocenters. The molecule has 4 heteroatoms. The minimum atomic E-state index is 0.497. The van der Waals surface area contributed by atoms with E-state index in [4.69, 9.17) is 22.6 Å². The quantitative estimate of drug-likeness (QED) is 0.804. The summed E-state index contributed by atoms with van der Waals surface area (Å²) in [7, 11) is 0. The van der Waals surface area contributed by atoms with Gasteiger partial charge in [0.2, 0.25) is 0 Å². The van der Waals surface area contributed by atoms with Crippen LogP contribution in [0.25, 0.3) is 0 Å². The van der Waals surface area contributed by atoms with Crippen molar-refractivity contribution in [2.45, 2.75) is 6.92 Å². The molecule has 0 radical (unpaired) electrons. The Hall–Kier alpha value is -2.18. The highest BCUT2D eigenvalue weighted by Crippen LogP contribution is 2.31. The number of nitriles is 1. The van der Waals surface area contributed by atoms with Crippen LogP contribution < -0.4 is 11.1 Å². The topological polar surface area (TPSA) is 61.8 Å². The molecular formula is C14H12ClN3. The molecule has 0 aromatic heterocycles. The van der Waals surface area contributed by atoms with E-state index in [1.807, 2.05) is 31.2 Å². The fourth-order valence-electron chi connectivity index (χ4n) is 1.68. The molecule has 2 rings (SSSR count). The van der Waals surface area contributed by atoms with Gasteiger partial charge < -0.3 is 11.1 Å². The summed E-state index contributed by atoms with van der Waals surface area (Å²) in [4.78, 5) is 0. The first-order chi connectivity index (χ1) is 8.61. The number of nitrogens with two attached hydrogens (primary N) is 1. The van der Waals surface area contributed by atoms with Crippen LogP contribution in [-0.2, 0) is 0 Å². The summed E-state index contributed by atoms with van der Waals surface area (Å²) >= 11 is 6.11. The van der Waals surface area contributed by atoms with Gasteiger partial charge in [-0.05, 0) is 36.8 Å². The Labute approximate surface area is 111 Å². The standard InChI is InChI=1S/C14H12ClN3/c1-9-3-2-4-12(17)14(9)18-13-6-5-10(8-16)7-11(13)15/h2-7,18H,17H2,1H3. The van der Waals surface area contributed by atoms with E-state index in [0.717, 1.165) is 16.9 Å². The number of hydrogen-bond donors (Lipinski definition) is 2. The van der Waals surface area contributed by atoms with Gasteiger partial charge in [-0.25, -0.2) is 0 Å². The third-order valence-electron chi connectivity index (χ3n) is 2.66. The molecule has 18 heavy (non-hydrogen) atoms. The van der Waals surface area contributed by atoms with Crippen molar-refractivity contribution < 1.29 is 0 Å². The highest BCUT2D eigenvalue weighted by atomic mass is 35.5. The lowest BCUT2D eigenvalue weighted by Gasteiger charge is -2.13. The molecule has 0 saturated carbocycles. The van der Waals surface area contributed by atoms with E-state index in [-0.39, 0.29) is 0 Å². The lowest BCUT2D eigenvalue weighted by Crippen LogP contribution is -1.99. The van der Waals surface area contributed by atoms with Gasteiger partial charge in [-0.15, -0.1) is 0 Å². The molecule has 0 aliphatic rings. The Morgan fingerprint density at radius 2 is 2.06 bits per heavy atom. The van der Waals surface area contributed by atoms with Crippen molar-refractivity contribution in [3.8, 4) is 6.07 Å². The number of nitrogens with one attached hydrogen (secondary N) is 1. The van der Waals surface area contributed by atoms with E-state index in [0.29, 0.717) is 16.3 Å². The SMILES string of the molecule is Cc1cccc(N)c1Nc1ccc(C#N)cc1Cl. The van der Waals surface area contributed by atoms with Crippen molar-refractivity contribution in [2.24, 2.45) is 0 Å². The molecule has 0 saturated heterocycles. The molecule has 3 N–H and O–H groups in total. The predicted molar refractivity (Wildman–Crippen MR) is 75.0 cm³/mol. The molecule has 0 heterocycles. The molecule has 0 aliphatic heterocycles. The second-order valence-electron chi connectivity index (χ2n) is 3.97. The van der Waals surface area contributed by atoms with Crippen LogP contribution in [0.15, 0.2) is 36.4 Å². The van der Waals surface area contributed by atoms with Crippen LogP contribution in [0.2, 0.25) is 5.02 Å². The summed E-state index contributed by atoms with van der Waals surface area (Å²) in [5, 5.41) is 12.5. The third kappa shape index (κ3) is 2.39. The van der Waals surface area contributed by atoms with Gasteiger partial charge >= 0.3 is 0 Å². The summed E-state index contributed by atoms with van der Waals surface area (Å²) in [5.74, 6) is 0. The van der Waals surface area contributed by atoms with E-state index in [1.165, 1.54) is 0 Å². The van der Waals surface area contributed by atoms with E-state index in [2.05, 4.69) is 5.32 Å². The minimum Gasteiger partial charge on any atom is -0.397 e. The number of nitrogen functional groups attached to an aromatic ring is 1. The second kappa shape index (κ2) is 4.99. The fraction of sp³-hybridized carbons (Fsp3) is 0.0714. The van der Waals surface area contributed by atoms with Gasteiger partial charge in [0.25, 0.3) is 0 Å². The first-order valence-electron chi connectivity index (χ1n) is 5.43. The Morgan fingerprint density at radius 1 is 1.28 bits per heavy atom. The van der Waals surface area contributed by atoms with Crippen LogP contribution in [0.5, 0.6) is 0 Å². The van der Waals surface area contributed by atoms with Crippen LogP contribution in [0.4, 0.5) is 17.1 Å². The average molecular weight is 258 g/mol. The summed E-state index contributed by atoms with van der Waals surface area (Å²) in [6.45, 7) is 1.97. The first kappa shape index (κ1) is 12.3. The smallest absolute Gasteiger partial charge is 0.0992 e. The van der Waals surface area contributed by atoms with E-state index in [1.54, 1.807) is 18.2 Å². The van der Waals surface area contributed by atoms with Gasteiger partial charge in [-0.3, -0.25) is 0 Å². The number of anilines is 3. The molecule has 0 amide bonds. The molecule has 2 aromatic rings. The number of halogens is 1. The van der Waals surface area contributed by atoms with Crippen LogP contribution in [0, 0.1) is 18.3 Å². The number of aryl methyl sites for hydroxylation is 1. The van der Waals surface area contributed by atoms with Gasteiger partial charge in [-0.2, -0.15) is 5.26 Å². The van der Waals surface area contributed by atoms with Gasteiger partial charge in [0.15, 0.2) is 0 Å². The highest BCUT2D eigenvalue weighted by molar-refractivity contribution is 6.33. The van der Waals surface area contributed by atoms with Crippen molar-refractivity contribution >= 4 is 28.7 Å². The largest absolute Gasteiger partial charge is 0.397 e. The molecular weight excluding hydrogens is 246 g/mol. The predicted octanol–water partition coefficient (Wildman–Crippen LogP) is 3.85. The zero-order valence-electron chi connectivity index (χ0n) is 9.87. The molecule has 0 bridgehead atoms. The minimum absolute atomic E-state index is 0.497. The maximum Gasteiger partial charge on any atom is 0.0992 e. The first-order valence-corrected chi connectivity index (χ1v) is 5.81. The summed E-state index contributed by atoms with van der Waals surface area (Å²) in [5.41, 5.74) is 9.72. The Kier molecular flexibility index (Phi) is 3.40. The number of nitrogens with zero attached hydrogens (tertiary/aromatic N) is 1. The van der Waals surface area contributed by atoms with Crippen molar-refractivity contribution in [3.05, 3.63) is 52.5 Å².